The highest BCUT2D eigenvalue weighted by molar-refractivity contribution is 5.33. The third kappa shape index (κ3) is 2.93. The summed E-state index contributed by atoms with van der Waals surface area (Å²) >= 11 is 0. The topological polar surface area (TPSA) is 43.8 Å². The molecule has 3 nitrogen and oxygen atoms in total. The van der Waals surface area contributed by atoms with Gasteiger partial charge in [0.2, 0.25) is 0 Å². The second-order valence-corrected chi connectivity index (χ2v) is 5.78. The molecular formula is C17H25N3. The smallest absolute Gasteiger partial charge is 0.0628 e. The van der Waals surface area contributed by atoms with Crippen molar-refractivity contribution in [2.75, 3.05) is 0 Å². The number of nitrogens with zero attached hydrogens (tertiary/aromatic N) is 2. The fourth-order valence-electron chi connectivity index (χ4n) is 2.88. The van der Waals surface area contributed by atoms with Crippen LogP contribution >= 0.6 is 0 Å². The number of aromatic nitrogens is 2. The molecule has 20 heavy (non-hydrogen) atoms. The summed E-state index contributed by atoms with van der Waals surface area (Å²) in [5, 5.41) is 4.47. The number of benzene rings is 1. The van der Waals surface area contributed by atoms with Crippen LogP contribution in [0.4, 0.5) is 0 Å². The predicted octanol–water partition coefficient (Wildman–Crippen LogP) is 3.29. The second kappa shape index (κ2) is 5.80. The van der Waals surface area contributed by atoms with Gasteiger partial charge in [0.15, 0.2) is 0 Å². The first kappa shape index (κ1) is 14.8. The van der Waals surface area contributed by atoms with Crippen LogP contribution in [0.3, 0.4) is 0 Å². The van der Waals surface area contributed by atoms with E-state index in [4.69, 9.17) is 5.73 Å². The summed E-state index contributed by atoms with van der Waals surface area (Å²) in [7, 11) is 2.00. The molecule has 0 saturated heterocycles. The van der Waals surface area contributed by atoms with E-state index in [-0.39, 0.29) is 6.04 Å². The second-order valence-electron chi connectivity index (χ2n) is 5.78. The molecule has 1 atom stereocenters. The Balaban J connectivity index is 2.10. The van der Waals surface area contributed by atoms with E-state index in [0.717, 1.165) is 18.5 Å². The Morgan fingerprint density at radius 1 is 1.20 bits per heavy atom. The monoisotopic (exact) mass is 271 g/mol. The van der Waals surface area contributed by atoms with Crippen molar-refractivity contribution < 1.29 is 0 Å². The van der Waals surface area contributed by atoms with Crippen LogP contribution in [-0.4, -0.2) is 9.78 Å². The first-order valence-electron chi connectivity index (χ1n) is 7.22. The van der Waals surface area contributed by atoms with Gasteiger partial charge in [-0.25, -0.2) is 0 Å². The Labute approximate surface area is 121 Å². The van der Waals surface area contributed by atoms with E-state index in [2.05, 4.69) is 51.0 Å². The van der Waals surface area contributed by atoms with Crippen LogP contribution < -0.4 is 5.73 Å². The minimum Gasteiger partial charge on any atom is -0.324 e. The summed E-state index contributed by atoms with van der Waals surface area (Å²) in [5.74, 6) is 0. The number of aryl methyl sites for hydroxylation is 4. The van der Waals surface area contributed by atoms with Crippen molar-refractivity contribution in [2.24, 2.45) is 12.8 Å². The molecule has 0 aliphatic carbocycles. The molecule has 0 radical (unpaired) electrons. The van der Waals surface area contributed by atoms with E-state index in [1.54, 1.807) is 0 Å². The molecule has 108 valence electrons. The van der Waals surface area contributed by atoms with Gasteiger partial charge in [-0.3, -0.25) is 4.68 Å². The summed E-state index contributed by atoms with van der Waals surface area (Å²) in [6.07, 6.45) is 1.94. The molecule has 1 aromatic heterocycles. The van der Waals surface area contributed by atoms with Crippen LogP contribution in [0, 0.1) is 27.7 Å². The molecule has 0 spiro atoms. The van der Waals surface area contributed by atoms with E-state index in [9.17, 15) is 0 Å². The Morgan fingerprint density at radius 3 is 2.45 bits per heavy atom. The predicted molar refractivity (Wildman–Crippen MR) is 83.8 cm³/mol. The van der Waals surface area contributed by atoms with Gasteiger partial charge in [0.1, 0.15) is 0 Å². The molecular weight excluding hydrogens is 246 g/mol. The summed E-state index contributed by atoms with van der Waals surface area (Å²) < 4.78 is 1.95. The normalized spacial score (nSPS) is 12.7. The largest absolute Gasteiger partial charge is 0.324 e. The number of rotatable bonds is 4. The lowest BCUT2D eigenvalue weighted by Crippen LogP contribution is -2.13. The van der Waals surface area contributed by atoms with Gasteiger partial charge < -0.3 is 5.73 Å². The summed E-state index contributed by atoms with van der Waals surface area (Å²) in [5.41, 5.74) is 13.9. The molecule has 0 amide bonds. The average molecular weight is 271 g/mol. The van der Waals surface area contributed by atoms with Gasteiger partial charge in [-0.1, -0.05) is 23.8 Å². The van der Waals surface area contributed by atoms with Crippen molar-refractivity contribution in [3.05, 3.63) is 51.8 Å². The van der Waals surface area contributed by atoms with Crippen molar-refractivity contribution in [1.82, 2.24) is 9.78 Å². The standard InChI is InChI=1S/C17H25N3/c1-11-6-7-15(12(2)10-11)17(18)9-8-16-13(3)19-20(5)14(16)4/h6-7,10,17H,8-9,18H2,1-5H3. The molecule has 0 bridgehead atoms. The van der Waals surface area contributed by atoms with Gasteiger partial charge in [0, 0.05) is 18.8 Å². The molecule has 2 aromatic rings. The lowest BCUT2D eigenvalue weighted by molar-refractivity contribution is 0.644. The van der Waals surface area contributed by atoms with E-state index in [0.29, 0.717) is 0 Å². The lowest BCUT2D eigenvalue weighted by Gasteiger charge is -2.15. The number of hydrogen-bond donors (Lipinski definition) is 1. The Bertz CT molecular complexity index is 611. The van der Waals surface area contributed by atoms with Gasteiger partial charge in [0.05, 0.1) is 5.69 Å². The van der Waals surface area contributed by atoms with E-state index >= 15 is 0 Å². The number of hydrogen-bond acceptors (Lipinski definition) is 2. The SMILES string of the molecule is Cc1ccc(C(N)CCc2c(C)nn(C)c2C)c(C)c1. The molecule has 0 aliphatic heterocycles. The Hall–Kier alpha value is -1.61. The molecule has 0 saturated carbocycles. The van der Waals surface area contributed by atoms with Gasteiger partial charge in [-0.2, -0.15) is 5.10 Å². The van der Waals surface area contributed by atoms with Crippen LogP contribution in [0.5, 0.6) is 0 Å². The van der Waals surface area contributed by atoms with E-state index < -0.39 is 0 Å². The van der Waals surface area contributed by atoms with Crippen molar-refractivity contribution in [3.8, 4) is 0 Å². The van der Waals surface area contributed by atoms with Crippen LogP contribution in [0.2, 0.25) is 0 Å². The third-order valence-corrected chi connectivity index (χ3v) is 4.19. The maximum Gasteiger partial charge on any atom is 0.0628 e. The molecule has 0 fully saturated rings. The zero-order chi connectivity index (χ0) is 14.9. The molecule has 1 aromatic carbocycles. The fourth-order valence-corrected chi connectivity index (χ4v) is 2.88. The Kier molecular flexibility index (Phi) is 4.29. The van der Waals surface area contributed by atoms with Gasteiger partial charge in [0.25, 0.3) is 0 Å². The molecule has 1 unspecified atom stereocenters. The zero-order valence-electron chi connectivity index (χ0n) is 13.2. The van der Waals surface area contributed by atoms with E-state index in [1.165, 1.54) is 27.9 Å². The average Bonchev–Trinajstić information content (AvgIpc) is 2.61. The van der Waals surface area contributed by atoms with Gasteiger partial charge in [-0.05, 0) is 57.2 Å². The van der Waals surface area contributed by atoms with Crippen LogP contribution in [0.25, 0.3) is 0 Å². The van der Waals surface area contributed by atoms with Crippen molar-refractivity contribution in [3.63, 3.8) is 0 Å². The van der Waals surface area contributed by atoms with Crippen LogP contribution in [-0.2, 0) is 13.5 Å². The third-order valence-electron chi connectivity index (χ3n) is 4.19. The summed E-state index contributed by atoms with van der Waals surface area (Å²) in [6, 6.07) is 6.60. The summed E-state index contributed by atoms with van der Waals surface area (Å²) in [4.78, 5) is 0. The fraction of sp³-hybridized carbons (Fsp3) is 0.471. The van der Waals surface area contributed by atoms with E-state index in [1.807, 2.05) is 11.7 Å². The molecule has 2 N–H and O–H groups in total. The van der Waals surface area contributed by atoms with Crippen LogP contribution in [0.1, 0.15) is 46.1 Å². The molecule has 3 heteroatoms. The van der Waals surface area contributed by atoms with Crippen LogP contribution in [0.15, 0.2) is 18.2 Å². The molecule has 1 heterocycles. The minimum atomic E-state index is 0.0922. The minimum absolute atomic E-state index is 0.0922. The first-order chi connectivity index (χ1) is 9.40. The molecule has 0 aliphatic rings. The Morgan fingerprint density at radius 2 is 1.90 bits per heavy atom. The van der Waals surface area contributed by atoms with Crippen molar-refractivity contribution in [2.45, 2.75) is 46.6 Å². The van der Waals surface area contributed by atoms with Gasteiger partial charge >= 0.3 is 0 Å². The maximum absolute atomic E-state index is 6.37. The zero-order valence-corrected chi connectivity index (χ0v) is 13.2. The first-order valence-corrected chi connectivity index (χ1v) is 7.22. The quantitative estimate of drug-likeness (QED) is 0.927. The summed E-state index contributed by atoms with van der Waals surface area (Å²) in [6.45, 7) is 8.45. The number of nitrogens with two attached hydrogens (primary N) is 1. The highest BCUT2D eigenvalue weighted by Gasteiger charge is 2.13. The van der Waals surface area contributed by atoms with Crippen molar-refractivity contribution in [1.29, 1.82) is 0 Å². The van der Waals surface area contributed by atoms with Crippen molar-refractivity contribution >= 4 is 0 Å². The molecule has 2 rings (SSSR count). The lowest BCUT2D eigenvalue weighted by atomic mass is 9.95. The highest BCUT2D eigenvalue weighted by Crippen LogP contribution is 2.23. The maximum atomic E-state index is 6.37. The highest BCUT2D eigenvalue weighted by atomic mass is 15.3. The van der Waals surface area contributed by atoms with Gasteiger partial charge in [-0.15, -0.1) is 0 Å².